The smallest absolute Gasteiger partial charge is 0.0772 e. The Bertz CT molecular complexity index is 540. The van der Waals surface area contributed by atoms with Crippen molar-refractivity contribution in [1.82, 2.24) is 0 Å². The largest absolute Gasteiger partial charge is 0.389 e. The first-order valence-electron chi connectivity index (χ1n) is 6.30. The van der Waals surface area contributed by atoms with Gasteiger partial charge in [0.1, 0.15) is 0 Å². The molecule has 0 radical (unpaired) electrons. The van der Waals surface area contributed by atoms with Crippen molar-refractivity contribution in [1.29, 1.82) is 0 Å². The third-order valence-electron chi connectivity index (χ3n) is 3.14. The molecule has 0 aromatic heterocycles. The average Bonchev–Trinajstić information content (AvgIpc) is 2.39. The minimum atomic E-state index is -0.456. The van der Waals surface area contributed by atoms with Crippen LogP contribution in [0.15, 0.2) is 53.0 Å². The van der Waals surface area contributed by atoms with Crippen LogP contribution in [0.25, 0.3) is 0 Å². The van der Waals surface area contributed by atoms with Gasteiger partial charge in [0.05, 0.1) is 6.10 Å². The molecule has 1 N–H and O–H groups in total. The molecule has 1 atom stereocenters. The van der Waals surface area contributed by atoms with Crippen LogP contribution < -0.4 is 4.90 Å². The second-order valence-corrected chi connectivity index (χ2v) is 5.58. The molecule has 0 aliphatic heterocycles. The quantitative estimate of drug-likeness (QED) is 0.915. The number of anilines is 1. The Labute approximate surface area is 122 Å². The highest BCUT2D eigenvalue weighted by Crippen LogP contribution is 2.28. The van der Waals surface area contributed by atoms with Crippen LogP contribution in [-0.4, -0.2) is 12.2 Å². The predicted octanol–water partition coefficient (Wildman–Crippen LogP) is 4.14. The fourth-order valence-corrected chi connectivity index (χ4v) is 2.74. The molecule has 1 unspecified atom stereocenters. The molecule has 0 saturated heterocycles. The van der Waals surface area contributed by atoms with E-state index >= 15 is 0 Å². The summed E-state index contributed by atoms with van der Waals surface area (Å²) in [5.74, 6) is 0. The van der Waals surface area contributed by atoms with E-state index in [0.29, 0.717) is 0 Å². The summed E-state index contributed by atoms with van der Waals surface area (Å²) in [5, 5.41) is 9.63. The van der Waals surface area contributed by atoms with E-state index in [0.717, 1.165) is 22.3 Å². The van der Waals surface area contributed by atoms with Gasteiger partial charge in [-0.3, -0.25) is 0 Å². The molecule has 0 saturated carbocycles. The molecule has 0 spiro atoms. The summed E-state index contributed by atoms with van der Waals surface area (Å²) in [5.41, 5.74) is 3.32. The highest BCUT2D eigenvalue weighted by atomic mass is 79.9. The predicted molar refractivity (Wildman–Crippen MR) is 83.3 cm³/mol. The Kier molecular flexibility index (Phi) is 4.61. The van der Waals surface area contributed by atoms with Crippen molar-refractivity contribution >= 4 is 21.6 Å². The molecule has 0 amide bonds. The third-order valence-corrected chi connectivity index (χ3v) is 3.82. The number of hydrogen-bond donors (Lipinski definition) is 1. The Morgan fingerprint density at radius 2 is 1.84 bits per heavy atom. The Morgan fingerprint density at radius 3 is 2.42 bits per heavy atom. The summed E-state index contributed by atoms with van der Waals surface area (Å²) in [7, 11) is 2.07. The zero-order valence-corrected chi connectivity index (χ0v) is 12.8. The average molecular weight is 320 g/mol. The lowest BCUT2D eigenvalue weighted by Crippen LogP contribution is -2.16. The topological polar surface area (TPSA) is 23.5 Å². The van der Waals surface area contributed by atoms with Crippen LogP contribution in [0.2, 0.25) is 0 Å². The van der Waals surface area contributed by atoms with E-state index in [1.165, 1.54) is 5.56 Å². The van der Waals surface area contributed by atoms with Crippen molar-refractivity contribution in [2.24, 2.45) is 0 Å². The SMILES string of the molecule is CC(O)c1ccc(N(C)Cc2ccccc2)cc1Br. The van der Waals surface area contributed by atoms with Gasteiger partial charge in [0.15, 0.2) is 0 Å². The molecule has 0 heterocycles. The Hall–Kier alpha value is -1.32. The van der Waals surface area contributed by atoms with Gasteiger partial charge in [0, 0.05) is 23.8 Å². The molecule has 0 aliphatic carbocycles. The molecular formula is C16H18BrNO. The number of hydrogen-bond acceptors (Lipinski definition) is 2. The van der Waals surface area contributed by atoms with E-state index in [2.05, 4.69) is 52.1 Å². The lowest BCUT2D eigenvalue weighted by molar-refractivity contribution is 0.198. The number of benzene rings is 2. The van der Waals surface area contributed by atoms with Crippen molar-refractivity contribution in [3.05, 3.63) is 64.1 Å². The first-order valence-corrected chi connectivity index (χ1v) is 7.10. The first kappa shape index (κ1) is 14.1. The molecule has 100 valence electrons. The van der Waals surface area contributed by atoms with Gasteiger partial charge in [-0.1, -0.05) is 52.3 Å². The van der Waals surface area contributed by atoms with E-state index in [1.54, 1.807) is 6.92 Å². The molecule has 2 aromatic rings. The maximum Gasteiger partial charge on any atom is 0.0772 e. The highest BCUT2D eigenvalue weighted by Gasteiger charge is 2.09. The molecule has 0 bridgehead atoms. The molecule has 0 aliphatic rings. The lowest BCUT2D eigenvalue weighted by Gasteiger charge is -2.21. The van der Waals surface area contributed by atoms with E-state index in [4.69, 9.17) is 0 Å². The maximum atomic E-state index is 9.63. The fourth-order valence-electron chi connectivity index (χ4n) is 2.04. The minimum absolute atomic E-state index is 0.456. The van der Waals surface area contributed by atoms with Crippen LogP contribution in [-0.2, 0) is 6.54 Å². The van der Waals surface area contributed by atoms with Gasteiger partial charge in [-0.25, -0.2) is 0 Å². The van der Waals surface area contributed by atoms with Gasteiger partial charge in [0.25, 0.3) is 0 Å². The van der Waals surface area contributed by atoms with Crippen LogP contribution in [0.5, 0.6) is 0 Å². The second-order valence-electron chi connectivity index (χ2n) is 4.72. The number of nitrogens with zero attached hydrogens (tertiary/aromatic N) is 1. The van der Waals surface area contributed by atoms with Gasteiger partial charge in [-0.2, -0.15) is 0 Å². The van der Waals surface area contributed by atoms with Gasteiger partial charge in [0.2, 0.25) is 0 Å². The molecule has 2 aromatic carbocycles. The van der Waals surface area contributed by atoms with Crippen molar-refractivity contribution in [2.75, 3.05) is 11.9 Å². The standard InChI is InChI=1S/C16H18BrNO/c1-12(19)15-9-8-14(10-16(15)17)18(2)11-13-6-4-3-5-7-13/h3-10,12,19H,11H2,1-2H3. The zero-order valence-electron chi connectivity index (χ0n) is 11.2. The molecule has 3 heteroatoms. The highest BCUT2D eigenvalue weighted by molar-refractivity contribution is 9.10. The third kappa shape index (κ3) is 3.58. The number of halogens is 1. The molecule has 0 fully saturated rings. The van der Waals surface area contributed by atoms with Gasteiger partial charge < -0.3 is 10.0 Å². The number of aliphatic hydroxyl groups is 1. The minimum Gasteiger partial charge on any atom is -0.389 e. The number of aliphatic hydroxyl groups excluding tert-OH is 1. The Balaban J connectivity index is 2.16. The summed E-state index contributed by atoms with van der Waals surface area (Å²) < 4.78 is 0.944. The molecule has 2 rings (SSSR count). The van der Waals surface area contributed by atoms with E-state index in [1.807, 2.05) is 24.3 Å². The summed E-state index contributed by atoms with van der Waals surface area (Å²) >= 11 is 3.51. The normalized spacial score (nSPS) is 12.2. The number of rotatable bonds is 4. The monoisotopic (exact) mass is 319 g/mol. The second kappa shape index (κ2) is 6.22. The van der Waals surface area contributed by atoms with E-state index < -0.39 is 6.10 Å². The van der Waals surface area contributed by atoms with E-state index in [9.17, 15) is 5.11 Å². The van der Waals surface area contributed by atoms with E-state index in [-0.39, 0.29) is 0 Å². The zero-order chi connectivity index (χ0) is 13.8. The Morgan fingerprint density at radius 1 is 1.16 bits per heavy atom. The summed E-state index contributed by atoms with van der Waals surface area (Å²) in [6.45, 7) is 2.63. The summed E-state index contributed by atoms with van der Waals surface area (Å²) in [6, 6.07) is 16.4. The van der Waals surface area contributed by atoms with Gasteiger partial charge in [-0.05, 0) is 30.2 Å². The fraction of sp³-hybridized carbons (Fsp3) is 0.250. The van der Waals surface area contributed by atoms with Crippen LogP contribution in [0, 0.1) is 0 Å². The van der Waals surface area contributed by atoms with Crippen LogP contribution >= 0.6 is 15.9 Å². The summed E-state index contributed by atoms with van der Waals surface area (Å²) in [6.07, 6.45) is -0.456. The first-order chi connectivity index (χ1) is 9.08. The maximum absolute atomic E-state index is 9.63. The molecule has 19 heavy (non-hydrogen) atoms. The van der Waals surface area contributed by atoms with Gasteiger partial charge in [-0.15, -0.1) is 0 Å². The van der Waals surface area contributed by atoms with Crippen molar-refractivity contribution < 1.29 is 5.11 Å². The van der Waals surface area contributed by atoms with Gasteiger partial charge >= 0.3 is 0 Å². The molecular weight excluding hydrogens is 302 g/mol. The molecule has 2 nitrogen and oxygen atoms in total. The van der Waals surface area contributed by atoms with Crippen molar-refractivity contribution in [3.63, 3.8) is 0 Å². The lowest BCUT2D eigenvalue weighted by atomic mass is 10.1. The van der Waals surface area contributed by atoms with Crippen LogP contribution in [0.4, 0.5) is 5.69 Å². The summed E-state index contributed by atoms with van der Waals surface area (Å²) in [4.78, 5) is 2.19. The van der Waals surface area contributed by atoms with Crippen LogP contribution in [0.1, 0.15) is 24.2 Å². The van der Waals surface area contributed by atoms with Crippen molar-refractivity contribution in [2.45, 2.75) is 19.6 Å². The van der Waals surface area contributed by atoms with Crippen molar-refractivity contribution in [3.8, 4) is 0 Å². The van der Waals surface area contributed by atoms with Crippen LogP contribution in [0.3, 0.4) is 0 Å².